The van der Waals surface area contributed by atoms with Crippen LogP contribution in [0.4, 0.5) is 0 Å². The maximum atomic E-state index is 8.62. The highest BCUT2D eigenvalue weighted by molar-refractivity contribution is 7.80. The summed E-state index contributed by atoms with van der Waals surface area (Å²) in [5.74, 6) is 0. The van der Waals surface area contributed by atoms with E-state index in [4.69, 9.17) is 17.3 Å². The van der Waals surface area contributed by atoms with Crippen LogP contribution >= 0.6 is 12.2 Å². The maximum Gasteiger partial charge on any atom is 0.0476 e. The van der Waals surface area contributed by atoms with Crippen LogP contribution in [0.3, 0.4) is 0 Å². The van der Waals surface area contributed by atoms with Crippen molar-refractivity contribution in [3.8, 4) is 0 Å². The summed E-state index contributed by atoms with van der Waals surface area (Å²) < 4.78 is 0. The fraction of sp³-hybridized carbons (Fsp3) is 0.909. The highest BCUT2D eigenvalue weighted by atomic mass is 32.1. The second kappa shape index (κ2) is 10.1. The molecule has 0 radical (unpaired) electrons. The van der Waals surface area contributed by atoms with E-state index in [9.17, 15) is 0 Å². The Kier molecular flexibility index (Phi) is 10.2. The van der Waals surface area contributed by atoms with Crippen LogP contribution in [0.5, 0.6) is 0 Å². The van der Waals surface area contributed by atoms with Crippen molar-refractivity contribution in [2.24, 2.45) is 0 Å². The molecule has 0 aliphatic rings. The van der Waals surface area contributed by atoms with E-state index in [1.54, 1.807) is 0 Å². The Hall–Kier alpha value is 0.0500. The van der Waals surface area contributed by atoms with Gasteiger partial charge in [-0.1, -0.05) is 51.2 Å². The van der Waals surface area contributed by atoms with E-state index in [2.05, 4.69) is 6.92 Å². The molecule has 0 saturated heterocycles. The Morgan fingerprint density at radius 3 is 2.23 bits per heavy atom. The number of aliphatic hydroxyl groups excluding tert-OH is 1. The molecule has 0 fully saturated rings. The van der Waals surface area contributed by atoms with Crippen LogP contribution in [0.25, 0.3) is 0 Å². The fourth-order valence-electron chi connectivity index (χ4n) is 1.35. The molecule has 2 heteroatoms. The molecule has 0 aromatic carbocycles. The van der Waals surface area contributed by atoms with Crippen molar-refractivity contribution in [3.05, 3.63) is 0 Å². The molecular formula is C11H22OS. The lowest BCUT2D eigenvalue weighted by atomic mass is 10.1. The predicted molar refractivity (Wildman–Crippen MR) is 62.3 cm³/mol. The molecule has 0 aromatic heterocycles. The molecule has 0 saturated carbocycles. The van der Waals surface area contributed by atoms with E-state index >= 15 is 0 Å². The van der Waals surface area contributed by atoms with Gasteiger partial charge in [0.1, 0.15) is 0 Å². The number of unbranched alkanes of at least 4 members (excludes halogenated alkanes) is 5. The Labute approximate surface area is 87.5 Å². The quantitative estimate of drug-likeness (QED) is 0.456. The van der Waals surface area contributed by atoms with E-state index in [0.29, 0.717) is 6.42 Å². The maximum absolute atomic E-state index is 8.62. The highest BCUT2D eigenvalue weighted by Crippen LogP contribution is 2.08. The van der Waals surface area contributed by atoms with Crippen LogP contribution < -0.4 is 0 Å². The molecule has 0 atom stereocenters. The predicted octanol–water partition coefficient (Wildman–Crippen LogP) is 3.49. The first kappa shape index (κ1) is 13.1. The van der Waals surface area contributed by atoms with Crippen molar-refractivity contribution in [2.45, 2.75) is 58.3 Å². The molecule has 78 valence electrons. The van der Waals surface area contributed by atoms with Gasteiger partial charge in [0, 0.05) is 13.0 Å². The van der Waals surface area contributed by atoms with Gasteiger partial charge < -0.3 is 5.11 Å². The van der Waals surface area contributed by atoms with Crippen molar-refractivity contribution in [3.63, 3.8) is 0 Å². The summed E-state index contributed by atoms with van der Waals surface area (Å²) in [7, 11) is 0. The number of hydrogen-bond acceptors (Lipinski definition) is 2. The zero-order chi connectivity index (χ0) is 9.94. The molecular weight excluding hydrogens is 180 g/mol. The van der Waals surface area contributed by atoms with Crippen LogP contribution in [0, 0.1) is 0 Å². The molecule has 0 rings (SSSR count). The highest BCUT2D eigenvalue weighted by Gasteiger charge is 1.95. The summed E-state index contributed by atoms with van der Waals surface area (Å²) in [5, 5.41) is 8.62. The molecule has 0 bridgehead atoms. The summed E-state index contributed by atoms with van der Waals surface area (Å²) >= 11 is 5.09. The summed E-state index contributed by atoms with van der Waals surface area (Å²) in [6.07, 6.45) is 9.63. The lowest BCUT2D eigenvalue weighted by Crippen LogP contribution is -1.97. The fourth-order valence-corrected chi connectivity index (χ4v) is 1.59. The van der Waals surface area contributed by atoms with Crippen LogP contribution in [0.2, 0.25) is 0 Å². The first-order valence-corrected chi connectivity index (χ1v) is 5.84. The van der Waals surface area contributed by atoms with Gasteiger partial charge in [0.2, 0.25) is 0 Å². The second-order valence-corrected chi connectivity index (χ2v) is 4.11. The summed E-state index contributed by atoms with van der Waals surface area (Å²) in [5.41, 5.74) is 0. The van der Waals surface area contributed by atoms with E-state index in [-0.39, 0.29) is 6.61 Å². The molecule has 0 aliphatic carbocycles. The zero-order valence-corrected chi connectivity index (χ0v) is 9.54. The van der Waals surface area contributed by atoms with Gasteiger partial charge in [-0.15, -0.1) is 0 Å². The van der Waals surface area contributed by atoms with E-state index in [1.165, 1.54) is 38.5 Å². The van der Waals surface area contributed by atoms with Gasteiger partial charge in [0.15, 0.2) is 0 Å². The molecule has 0 aromatic rings. The van der Waals surface area contributed by atoms with Crippen molar-refractivity contribution in [1.29, 1.82) is 0 Å². The smallest absolute Gasteiger partial charge is 0.0476 e. The minimum atomic E-state index is 0.217. The van der Waals surface area contributed by atoms with Gasteiger partial charge in [0.05, 0.1) is 0 Å². The van der Waals surface area contributed by atoms with Crippen molar-refractivity contribution >= 4 is 17.1 Å². The lowest BCUT2D eigenvalue weighted by Gasteiger charge is -2.01. The monoisotopic (exact) mass is 202 g/mol. The van der Waals surface area contributed by atoms with Gasteiger partial charge >= 0.3 is 0 Å². The van der Waals surface area contributed by atoms with Crippen LogP contribution in [-0.4, -0.2) is 16.6 Å². The Morgan fingerprint density at radius 2 is 1.62 bits per heavy atom. The van der Waals surface area contributed by atoms with Crippen molar-refractivity contribution in [2.75, 3.05) is 6.61 Å². The first-order chi connectivity index (χ1) is 6.31. The van der Waals surface area contributed by atoms with Gasteiger partial charge in [-0.25, -0.2) is 0 Å². The van der Waals surface area contributed by atoms with Gasteiger partial charge in [-0.3, -0.25) is 0 Å². The van der Waals surface area contributed by atoms with Crippen molar-refractivity contribution in [1.82, 2.24) is 0 Å². The average molecular weight is 202 g/mol. The Bertz CT molecular complexity index is 123. The molecule has 1 nitrogen and oxygen atoms in total. The summed E-state index contributed by atoms with van der Waals surface area (Å²) in [6, 6.07) is 0. The van der Waals surface area contributed by atoms with Gasteiger partial charge in [-0.05, 0) is 17.7 Å². The van der Waals surface area contributed by atoms with E-state index < -0.39 is 0 Å². The van der Waals surface area contributed by atoms with Crippen LogP contribution in [-0.2, 0) is 0 Å². The molecule has 0 amide bonds. The second-order valence-electron chi connectivity index (χ2n) is 3.53. The van der Waals surface area contributed by atoms with Gasteiger partial charge in [0.25, 0.3) is 0 Å². The molecule has 13 heavy (non-hydrogen) atoms. The van der Waals surface area contributed by atoms with Crippen LogP contribution in [0.15, 0.2) is 0 Å². The van der Waals surface area contributed by atoms with Crippen LogP contribution in [0.1, 0.15) is 58.3 Å². The van der Waals surface area contributed by atoms with E-state index in [0.717, 1.165) is 11.3 Å². The minimum absolute atomic E-state index is 0.217. The molecule has 0 spiro atoms. The first-order valence-electron chi connectivity index (χ1n) is 5.43. The summed E-state index contributed by atoms with van der Waals surface area (Å²) in [6.45, 7) is 2.45. The van der Waals surface area contributed by atoms with Gasteiger partial charge in [-0.2, -0.15) is 0 Å². The van der Waals surface area contributed by atoms with E-state index in [1.807, 2.05) is 0 Å². The third kappa shape index (κ3) is 9.97. The minimum Gasteiger partial charge on any atom is -0.396 e. The molecule has 0 aliphatic heterocycles. The third-order valence-electron chi connectivity index (χ3n) is 2.20. The number of thiocarbonyl (C=S) groups is 1. The topological polar surface area (TPSA) is 20.2 Å². The van der Waals surface area contributed by atoms with Crippen molar-refractivity contribution < 1.29 is 5.11 Å². The Morgan fingerprint density at radius 1 is 1.00 bits per heavy atom. The number of rotatable bonds is 9. The zero-order valence-electron chi connectivity index (χ0n) is 8.72. The number of hydrogen-bond donors (Lipinski definition) is 1. The average Bonchev–Trinajstić information content (AvgIpc) is 2.11. The lowest BCUT2D eigenvalue weighted by molar-refractivity contribution is 0.307. The standard InChI is InChI=1S/C11H22OS/c1-2-3-4-5-6-7-8-11(13)9-10-12/h12H,2-10H2,1H3. The normalized spacial score (nSPS) is 10.3. The summed E-state index contributed by atoms with van der Waals surface area (Å²) in [4.78, 5) is 1.04. The SMILES string of the molecule is CCCCCCCCC(=S)CCO. The third-order valence-corrected chi connectivity index (χ3v) is 2.61. The largest absolute Gasteiger partial charge is 0.396 e. The molecule has 0 heterocycles. The molecule has 0 unspecified atom stereocenters. The molecule has 1 N–H and O–H groups in total. The Balaban J connectivity index is 3.02. The number of aliphatic hydroxyl groups is 1.